The number of aryl methyl sites for hydroxylation is 2. The Labute approximate surface area is 124 Å². The molecule has 2 aromatic carbocycles. The molecule has 0 unspecified atom stereocenters. The van der Waals surface area contributed by atoms with Crippen molar-refractivity contribution in [3.63, 3.8) is 0 Å². The number of nitrogens with one attached hydrogen (secondary N) is 1. The molecule has 0 fully saturated rings. The van der Waals surface area contributed by atoms with Gasteiger partial charge in [0.2, 0.25) is 0 Å². The summed E-state index contributed by atoms with van der Waals surface area (Å²) < 4.78 is 0. The van der Waals surface area contributed by atoms with Crippen molar-refractivity contribution in [2.75, 3.05) is 0 Å². The van der Waals surface area contributed by atoms with Crippen molar-refractivity contribution < 1.29 is 10.2 Å². The number of fused-ring (bicyclic) bond motifs is 5. The molecular weight excluding hydrogens is 262 g/mol. The van der Waals surface area contributed by atoms with E-state index in [0.29, 0.717) is 6.04 Å². The lowest BCUT2D eigenvalue weighted by Crippen LogP contribution is -2.42. The van der Waals surface area contributed by atoms with Crippen molar-refractivity contribution in [2.24, 2.45) is 0 Å². The SMILES string of the molecule is Cc1ccc2c(c1)CN[C@H]1CCc3cc(O)c(O)cc3[C@H]21. The van der Waals surface area contributed by atoms with Crippen LogP contribution >= 0.6 is 0 Å². The molecule has 0 aromatic heterocycles. The van der Waals surface area contributed by atoms with Crippen LogP contribution in [-0.2, 0) is 13.0 Å². The maximum atomic E-state index is 9.89. The summed E-state index contributed by atoms with van der Waals surface area (Å²) in [4.78, 5) is 0. The van der Waals surface area contributed by atoms with Crippen molar-refractivity contribution in [2.45, 2.75) is 38.3 Å². The predicted molar refractivity (Wildman–Crippen MR) is 81.7 cm³/mol. The summed E-state index contributed by atoms with van der Waals surface area (Å²) >= 11 is 0. The molecular formula is C18H19NO2. The van der Waals surface area contributed by atoms with Gasteiger partial charge in [-0.3, -0.25) is 0 Å². The Hall–Kier alpha value is -2.00. The Balaban J connectivity index is 1.91. The first-order valence-electron chi connectivity index (χ1n) is 7.51. The lowest BCUT2D eigenvalue weighted by molar-refractivity contribution is 0.380. The zero-order chi connectivity index (χ0) is 14.6. The highest BCUT2D eigenvalue weighted by atomic mass is 16.3. The van der Waals surface area contributed by atoms with E-state index in [1.807, 2.05) is 0 Å². The van der Waals surface area contributed by atoms with E-state index in [2.05, 4.69) is 30.4 Å². The summed E-state index contributed by atoms with van der Waals surface area (Å²) in [5.41, 5.74) is 6.28. The summed E-state index contributed by atoms with van der Waals surface area (Å²) in [6, 6.07) is 10.5. The van der Waals surface area contributed by atoms with Gasteiger partial charge in [-0.2, -0.15) is 0 Å². The third kappa shape index (κ3) is 1.92. The van der Waals surface area contributed by atoms with Crippen LogP contribution in [0.25, 0.3) is 0 Å². The minimum absolute atomic E-state index is 0.0138. The minimum Gasteiger partial charge on any atom is -0.504 e. The van der Waals surface area contributed by atoms with E-state index in [4.69, 9.17) is 0 Å². The van der Waals surface area contributed by atoms with Crippen LogP contribution in [-0.4, -0.2) is 16.3 Å². The largest absolute Gasteiger partial charge is 0.504 e. The highest BCUT2D eigenvalue weighted by Gasteiger charge is 2.35. The maximum Gasteiger partial charge on any atom is 0.157 e. The highest BCUT2D eigenvalue weighted by Crippen LogP contribution is 2.44. The van der Waals surface area contributed by atoms with Crippen LogP contribution in [0.5, 0.6) is 11.5 Å². The van der Waals surface area contributed by atoms with Gasteiger partial charge < -0.3 is 15.5 Å². The average Bonchev–Trinajstić information content (AvgIpc) is 2.47. The van der Waals surface area contributed by atoms with E-state index >= 15 is 0 Å². The van der Waals surface area contributed by atoms with Gasteiger partial charge >= 0.3 is 0 Å². The summed E-state index contributed by atoms with van der Waals surface area (Å²) in [5.74, 6) is 0.235. The molecule has 0 bridgehead atoms. The molecule has 2 atom stereocenters. The van der Waals surface area contributed by atoms with Gasteiger partial charge in [0.25, 0.3) is 0 Å². The fraction of sp³-hybridized carbons (Fsp3) is 0.333. The van der Waals surface area contributed by atoms with Crippen molar-refractivity contribution >= 4 is 0 Å². The number of hydrogen-bond donors (Lipinski definition) is 3. The number of hydrogen-bond acceptors (Lipinski definition) is 3. The Bertz CT molecular complexity index is 723. The fourth-order valence-corrected chi connectivity index (χ4v) is 3.87. The van der Waals surface area contributed by atoms with Gasteiger partial charge in [0.15, 0.2) is 11.5 Å². The molecule has 0 saturated heterocycles. The van der Waals surface area contributed by atoms with Gasteiger partial charge in [0.05, 0.1) is 0 Å². The van der Waals surface area contributed by atoms with Crippen LogP contribution in [0.15, 0.2) is 30.3 Å². The molecule has 0 radical (unpaired) electrons. The highest BCUT2D eigenvalue weighted by molar-refractivity contribution is 5.53. The standard InChI is InChI=1S/C18H19NO2/c1-10-2-4-13-12(6-10)9-19-15-5-3-11-7-16(20)17(21)8-14(11)18(13)15/h2,4,6-8,15,18-21H,3,5,9H2,1H3/t15-,18-/m0/s1. The summed E-state index contributed by atoms with van der Waals surface area (Å²) in [6.07, 6.45) is 2.01. The topological polar surface area (TPSA) is 52.5 Å². The molecule has 2 aromatic rings. The second-order valence-electron chi connectivity index (χ2n) is 6.25. The molecule has 0 saturated carbocycles. The molecule has 1 aliphatic heterocycles. The average molecular weight is 281 g/mol. The summed E-state index contributed by atoms with van der Waals surface area (Å²) in [6.45, 7) is 3.03. The fourth-order valence-electron chi connectivity index (χ4n) is 3.87. The first-order valence-corrected chi connectivity index (χ1v) is 7.51. The smallest absolute Gasteiger partial charge is 0.157 e. The monoisotopic (exact) mass is 281 g/mol. The number of phenols is 2. The quantitative estimate of drug-likeness (QED) is 0.651. The van der Waals surface area contributed by atoms with Crippen LogP contribution < -0.4 is 5.32 Å². The third-order valence-corrected chi connectivity index (χ3v) is 4.89. The van der Waals surface area contributed by atoms with Crippen molar-refractivity contribution in [1.29, 1.82) is 0 Å². The van der Waals surface area contributed by atoms with Crippen LogP contribution in [0.3, 0.4) is 0 Å². The number of phenolic OH excluding ortho intramolecular Hbond substituents is 2. The molecule has 3 nitrogen and oxygen atoms in total. The molecule has 108 valence electrons. The van der Waals surface area contributed by atoms with Crippen LogP contribution in [0, 0.1) is 6.92 Å². The predicted octanol–water partition coefficient (Wildman–Crippen LogP) is 2.96. The molecule has 2 aliphatic rings. The summed E-state index contributed by atoms with van der Waals surface area (Å²) in [5, 5.41) is 23.3. The second-order valence-corrected chi connectivity index (χ2v) is 6.25. The number of aromatic hydroxyl groups is 2. The third-order valence-electron chi connectivity index (χ3n) is 4.89. The molecule has 0 spiro atoms. The van der Waals surface area contributed by atoms with Crippen LogP contribution in [0.1, 0.15) is 40.2 Å². The van der Waals surface area contributed by atoms with Crippen molar-refractivity contribution in [3.8, 4) is 11.5 Å². The number of rotatable bonds is 0. The van der Waals surface area contributed by atoms with E-state index in [1.54, 1.807) is 12.1 Å². The summed E-state index contributed by atoms with van der Waals surface area (Å²) in [7, 11) is 0. The minimum atomic E-state index is -0.0198. The van der Waals surface area contributed by atoms with Crippen LogP contribution in [0.4, 0.5) is 0 Å². The van der Waals surface area contributed by atoms with Crippen LogP contribution in [0.2, 0.25) is 0 Å². The molecule has 3 heteroatoms. The Kier molecular flexibility index (Phi) is 2.73. The molecule has 21 heavy (non-hydrogen) atoms. The molecule has 4 rings (SSSR count). The van der Waals surface area contributed by atoms with E-state index in [0.717, 1.165) is 30.5 Å². The van der Waals surface area contributed by atoms with Gasteiger partial charge in [-0.25, -0.2) is 0 Å². The molecule has 1 heterocycles. The normalized spacial score (nSPS) is 23.1. The number of benzene rings is 2. The zero-order valence-corrected chi connectivity index (χ0v) is 12.1. The Morgan fingerprint density at radius 3 is 2.67 bits per heavy atom. The lowest BCUT2D eigenvalue weighted by atomic mass is 9.72. The van der Waals surface area contributed by atoms with Gasteiger partial charge in [0.1, 0.15) is 0 Å². The van der Waals surface area contributed by atoms with Gasteiger partial charge in [0, 0.05) is 18.5 Å². The van der Waals surface area contributed by atoms with E-state index in [-0.39, 0.29) is 17.4 Å². The lowest BCUT2D eigenvalue weighted by Gasteiger charge is -2.39. The van der Waals surface area contributed by atoms with Gasteiger partial charge in [-0.1, -0.05) is 23.8 Å². The second kappa shape index (κ2) is 4.50. The van der Waals surface area contributed by atoms with Crippen molar-refractivity contribution in [1.82, 2.24) is 5.32 Å². The first kappa shape index (κ1) is 12.7. The van der Waals surface area contributed by atoms with Gasteiger partial charge in [-0.05, 0) is 54.2 Å². The van der Waals surface area contributed by atoms with Crippen molar-refractivity contribution in [3.05, 3.63) is 58.1 Å². The maximum absolute atomic E-state index is 9.89. The molecule has 3 N–H and O–H groups in total. The Morgan fingerprint density at radius 1 is 1.00 bits per heavy atom. The first-order chi connectivity index (χ1) is 10.1. The van der Waals surface area contributed by atoms with E-state index in [9.17, 15) is 10.2 Å². The molecule has 1 aliphatic carbocycles. The van der Waals surface area contributed by atoms with E-state index < -0.39 is 0 Å². The molecule has 0 amide bonds. The zero-order valence-electron chi connectivity index (χ0n) is 12.1. The van der Waals surface area contributed by atoms with Gasteiger partial charge in [-0.15, -0.1) is 0 Å². The van der Waals surface area contributed by atoms with E-state index in [1.165, 1.54) is 16.7 Å². The Morgan fingerprint density at radius 2 is 1.81 bits per heavy atom.